The smallest absolute Gasteiger partial charge is 0.221 e. The van der Waals surface area contributed by atoms with Crippen molar-refractivity contribution in [3.63, 3.8) is 0 Å². The summed E-state index contributed by atoms with van der Waals surface area (Å²) in [6.07, 6.45) is 1.75. The molecule has 1 amide bonds. The Hall–Kier alpha value is -1.59. The number of rotatable bonds is 4. The van der Waals surface area contributed by atoms with Gasteiger partial charge in [0.1, 0.15) is 0 Å². The fraction of sp³-hybridized carbons (Fsp3) is 0.143. The van der Waals surface area contributed by atoms with E-state index < -0.39 is 0 Å². The molecule has 4 nitrogen and oxygen atoms in total. The highest BCUT2D eigenvalue weighted by Crippen LogP contribution is 2.25. The van der Waals surface area contributed by atoms with Gasteiger partial charge in [0.2, 0.25) is 5.91 Å². The topological polar surface area (TPSA) is 54.0 Å². The van der Waals surface area contributed by atoms with Crippen molar-refractivity contribution in [1.29, 1.82) is 0 Å². The third-order valence-corrected chi connectivity index (χ3v) is 3.32. The van der Waals surface area contributed by atoms with E-state index in [0.717, 1.165) is 15.9 Å². The van der Waals surface area contributed by atoms with Crippen LogP contribution in [-0.2, 0) is 11.3 Å². The lowest BCUT2D eigenvalue weighted by Gasteiger charge is -2.09. The maximum atomic E-state index is 11.0. The minimum atomic E-state index is -0.147. The van der Waals surface area contributed by atoms with Gasteiger partial charge in [-0.2, -0.15) is 0 Å². The number of hydrogen-bond acceptors (Lipinski definition) is 3. The molecule has 0 aliphatic carbocycles. The lowest BCUT2D eigenvalue weighted by Crippen LogP contribution is -2.06. The fourth-order valence-electron chi connectivity index (χ4n) is 1.62. The Bertz CT molecular complexity index is 616. The van der Waals surface area contributed by atoms with Crippen LogP contribution in [0.25, 0.3) is 0 Å². The SMILES string of the molecule is CC(=O)Nc1ccc(NCc2ccc(Br)cn2)cc1Cl. The number of benzene rings is 1. The van der Waals surface area contributed by atoms with Crippen LogP contribution in [0.3, 0.4) is 0 Å². The molecule has 1 aromatic carbocycles. The van der Waals surface area contributed by atoms with E-state index in [9.17, 15) is 4.79 Å². The first-order chi connectivity index (χ1) is 9.54. The second-order valence-electron chi connectivity index (χ2n) is 4.20. The molecule has 0 atom stereocenters. The van der Waals surface area contributed by atoms with Gasteiger partial charge in [0.15, 0.2) is 0 Å². The predicted molar refractivity (Wildman–Crippen MR) is 85.0 cm³/mol. The van der Waals surface area contributed by atoms with Crippen LogP contribution >= 0.6 is 27.5 Å². The minimum absolute atomic E-state index is 0.147. The molecule has 104 valence electrons. The van der Waals surface area contributed by atoms with Crippen molar-refractivity contribution in [3.05, 3.63) is 51.7 Å². The van der Waals surface area contributed by atoms with E-state index in [1.807, 2.05) is 18.2 Å². The summed E-state index contributed by atoms with van der Waals surface area (Å²) in [5.41, 5.74) is 2.40. The predicted octanol–water partition coefficient (Wildman–Crippen LogP) is 4.07. The van der Waals surface area contributed by atoms with E-state index in [4.69, 9.17) is 11.6 Å². The number of halogens is 2. The molecule has 2 rings (SSSR count). The molecule has 0 aliphatic rings. The Balaban J connectivity index is 2.01. The van der Waals surface area contributed by atoms with Gasteiger partial charge in [-0.1, -0.05) is 11.6 Å². The molecule has 0 unspecified atom stereocenters. The summed E-state index contributed by atoms with van der Waals surface area (Å²) in [6, 6.07) is 9.27. The zero-order valence-corrected chi connectivity index (χ0v) is 13.1. The number of hydrogen-bond donors (Lipinski definition) is 2. The molecule has 0 spiro atoms. The van der Waals surface area contributed by atoms with Crippen LogP contribution in [-0.4, -0.2) is 10.9 Å². The Kier molecular flexibility index (Phi) is 4.98. The second kappa shape index (κ2) is 6.72. The molecule has 0 bridgehead atoms. The van der Waals surface area contributed by atoms with Crippen molar-refractivity contribution < 1.29 is 4.79 Å². The first kappa shape index (κ1) is 14.8. The Morgan fingerprint density at radius 3 is 2.75 bits per heavy atom. The highest BCUT2D eigenvalue weighted by molar-refractivity contribution is 9.10. The molecule has 2 N–H and O–H groups in total. The standard InChI is InChI=1S/C14H13BrClN3O/c1-9(20)19-14-5-4-11(6-13(14)16)18-8-12-3-2-10(15)7-17-12/h2-7,18H,8H2,1H3,(H,19,20). The number of carbonyl (C=O) groups excluding carboxylic acids is 1. The summed E-state index contributed by atoms with van der Waals surface area (Å²) < 4.78 is 0.948. The molecule has 1 heterocycles. The quantitative estimate of drug-likeness (QED) is 0.870. The minimum Gasteiger partial charge on any atom is -0.379 e. The molecule has 6 heteroatoms. The molecule has 0 fully saturated rings. The van der Waals surface area contributed by atoms with Crippen molar-refractivity contribution in [2.75, 3.05) is 10.6 Å². The lowest BCUT2D eigenvalue weighted by molar-refractivity contribution is -0.114. The van der Waals surface area contributed by atoms with Gasteiger partial charge in [0.05, 0.1) is 22.9 Å². The van der Waals surface area contributed by atoms with Crippen LogP contribution in [0.4, 0.5) is 11.4 Å². The van der Waals surface area contributed by atoms with Crippen LogP contribution in [0.2, 0.25) is 5.02 Å². The van der Waals surface area contributed by atoms with Gasteiger partial charge < -0.3 is 10.6 Å². The van der Waals surface area contributed by atoms with Crippen molar-refractivity contribution in [2.45, 2.75) is 13.5 Å². The van der Waals surface area contributed by atoms with Gasteiger partial charge in [-0.3, -0.25) is 9.78 Å². The van der Waals surface area contributed by atoms with E-state index in [0.29, 0.717) is 17.3 Å². The Morgan fingerprint density at radius 2 is 2.15 bits per heavy atom. The molecule has 1 aromatic heterocycles. The molecule has 0 radical (unpaired) electrons. The van der Waals surface area contributed by atoms with Crippen molar-refractivity contribution in [3.8, 4) is 0 Å². The number of anilines is 2. The molecule has 0 saturated heterocycles. The van der Waals surface area contributed by atoms with E-state index in [1.165, 1.54) is 6.92 Å². The van der Waals surface area contributed by atoms with E-state index in [-0.39, 0.29) is 5.91 Å². The van der Waals surface area contributed by atoms with Crippen LogP contribution in [0, 0.1) is 0 Å². The maximum absolute atomic E-state index is 11.0. The number of carbonyl (C=O) groups is 1. The average Bonchev–Trinajstić information content (AvgIpc) is 2.40. The molecule has 2 aromatic rings. The van der Waals surface area contributed by atoms with Gasteiger partial charge in [-0.05, 0) is 46.3 Å². The van der Waals surface area contributed by atoms with Gasteiger partial charge in [-0.25, -0.2) is 0 Å². The largest absolute Gasteiger partial charge is 0.379 e. The second-order valence-corrected chi connectivity index (χ2v) is 5.52. The average molecular weight is 355 g/mol. The fourth-order valence-corrected chi connectivity index (χ4v) is 2.08. The van der Waals surface area contributed by atoms with Crippen molar-refractivity contribution in [1.82, 2.24) is 4.98 Å². The molecular formula is C14H13BrClN3O. The van der Waals surface area contributed by atoms with E-state index in [1.54, 1.807) is 18.3 Å². The summed E-state index contributed by atoms with van der Waals surface area (Å²) in [5.74, 6) is -0.147. The first-order valence-electron chi connectivity index (χ1n) is 5.96. The highest BCUT2D eigenvalue weighted by atomic mass is 79.9. The zero-order chi connectivity index (χ0) is 14.5. The molecule has 0 aliphatic heterocycles. The molecule has 0 saturated carbocycles. The number of pyridine rings is 1. The van der Waals surface area contributed by atoms with Crippen LogP contribution in [0.15, 0.2) is 41.0 Å². The Morgan fingerprint density at radius 1 is 1.35 bits per heavy atom. The number of amides is 1. The number of nitrogens with one attached hydrogen (secondary N) is 2. The summed E-state index contributed by atoms with van der Waals surface area (Å²) in [6.45, 7) is 2.05. The number of aromatic nitrogens is 1. The van der Waals surface area contributed by atoms with Gasteiger partial charge in [-0.15, -0.1) is 0 Å². The van der Waals surface area contributed by atoms with Crippen molar-refractivity contribution >= 4 is 44.8 Å². The van der Waals surface area contributed by atoms with Gasteiger partial charge in [0.25, 0.3) is 0 Å². The third-order valence-electron chi connectivity index (χ3n) is 2.54. The maximum Gasteiger partial charge on any atom is 0.221 e. The third kappa shape index (κ3) is 4.21. The summed E-state index contributed by atoms with van der Waals surface area (Å²) >= 11 is 9.44. The van der Waals surface area contributed by atoms with E-state index in [2.05, 4.69) is 31.5 Å². The first-order valence-corrected chi connectivity index (χ1v) is 7.13. The normalized spacial score (nSPS) is 10.2. The lowest BCUT2D eigenvalue weighted by atomic mass is 10.2. The summed E-state index contributed by atoms with van der Waals surface area (Å²) in [7, 11) is 0. The Labute approximate surface area is 130 Å². The van der Waals surface area contributed by atoms with Gasteiger partial charge in [0, 0.05) is 23.3 Å². The summed E-state index contributed by atoms with van der Waals surface area (Å²) in [5, 5.41) is 6.39. The monoisotopic (exact) mass is 353 g/mol. The van der Waals surface area contributed by atoms with E-state index >= 15 is 0 Å². The molecule has 20 heavy (non-hydrogen) atoms. The number of nitrogens with zero attached hydrogens (tertiary/aromatic N) is 1. The van der Waals surface area contributed by atoms with Crippen LogP contribution in [0.5, 0.6) is 0 Å². The van der Waals surface area contributed by atoms with Crippen LogP contribution < -0.4 is 10.6 Å². The summed E-state index contributed by atoms with van der Waals surface area (Å²) in [4.78, 5) is 15.3. The highest BCUT2D eigenvalue weighted by Gasteiger charge is 2.03. The molecular weight excluding hydrogens is 342 g/mol. The van der Waals surface area contributed by atoms with Crippen LogP contribution in [0.1, 0.15) is 12.6 Å². The van der Waals surface area contributed by atoms with Gasteiger partial charge >= 0.3 is 0 Å². The van der Waals surface area contributed by atoms with Crippen molar-refractivity contribution in [2.24, 2.45) is 0 Å². The zero-order valence-electron chi connectivity index (χ0n) is 10.8.